The van der Waals surface area contributed by atoms with Crippen LogP contribution in [0.2, 0.25) is 0 Å². The van der Waals surface area contributed by atoms with Gasteiger partial charge in [-0.05, 0) is 115 Å². The van der Waals surface area contributed by atoms with E-state index in [1.54, 1.807) is 47.8 Å². The average molecular weight is 621 g/mol. The van der Waals surface area contributed by atoms with Gasteiger partial charge in [0.15, 0.2) is 0 Å². The van der Waals surface area contributed by atoms with Gasteiger partial charge in [0, 0.05) is 29.2 Å². The van der Waals surface area contributed by atoms with Crippen molar-refractivity contribution in [3.63, 3.8) is 0 Å². The molecule has 0 aliphatic carbocycles. The molecule has 4 aromatic rings. The molecule has 6 heteroatoms. The van der Waals surface area contributed by atoms with E-state index < -0.39 is 9.84 Å². The first kappa shape index (κ1) is 31.8. The smallest absolute Gasteiger partial charge is 0.206 e. The van der Waals surface area contributed by atoms with Crippen LogP contribution in [0, 0.1) is 0 Å². The molecule has 0 atom stereocenters. The van der Waals surface area contributed by atoms with Crippen LogP contribution in [0.5, 0.6) is 0 Å². The third-order valence-corrected chi connectivity index (χ3v) is 13.1. The molecule has 0 spiro atoms. The number of benzene rings is 4. The summed E-state index contributed by atoms with van der Waals surface area (Å²) in [6.07, 6.45) is 3.16. The average Bonchev–Trinajstić information content (AvgIpc) is 2.99. The van der Waals surface area contributed by atoms with Gasteiger partial charge in [-0.15, -0.1) is 11.8 Å². The van der Waals surface area contributed by atoms with Crippen LogP contribution in [-0.4, -0.2) is 13.2 Å². The number of rotatable bonds is 12. The first-order chi connectivity index (χ1) is 19.5. The van der Waals surface area contributed by atoms with Crippen LogP contribution in [0.3, 0.4) is 0 Å². The lowest BCUT2D eigenvalue weighted by molar-refractivity contribution is 0.438. The summed E-state index contributed by atoms with van der Waals surface area (Å²) in [5.74, 6) is 0. The quantitative estimate of drug-likeness (QED) is 0.147. The van der Waals surface area contributed by atoms with Gasteiger partial charge in [0.2, 0.25) is 9.84 Å². The molecular formula is C35H40O2S4. The van der Waals surface area contributed by atoms with Crippen LogP contribution < -0.4 is 0 Å². The van der Waals surface area contributed by atoms with Crippen molar-refractivity contribution in [2.75, 3.05) is 0 Å². The monoisotopic (exact) mass is 620 g/mol. The maximum Gasteiger partial charge on any atom is 0.206 e. The minimum atomic E-state index is -3.57. The predicted molar refractivity (Wildman–Crippen MR) is 178 cm³/mol. The molecule has 0 fully saturated rings. The zero-order valence-corrected chi connectivity index (χ0v) is 28.1. The Morgan fingerprint density at radius 1 is 0.512 bits per heavy atom. The number of hydrogen-bond acceptors (Lipinski definition) is 5. The summed E-state index contributed by atoms with van der Waals surface area (Å²) < 4.78 is 26.8. The zero-order valence-electron chi connectivity index (χ0n) is 24.8. The van der Waals surface area contributed by atoms with Crippen LogP contribution in [0.4, 0.5) is 0 Å². The highest BCUT2D eigenvalue weighted by atomic mass is 32.2. The summed E-state index contributed by atoms with van der Waals surface area (Å²) in [7, 11) is -3.57. The summed E-state index contributed by atoms with van der Waals surface area (Å²) in [5, 5.41) is 0. The van der Waals surface area contributed by atoms with E-state index >= 15 is 0 Å². The van der Waals surface area contributed by atoms with Crippen LogP contribution in [0.1, 0.15) is 66.4 Å². The van der Waals surface area contributed by atoms with E-state index in [1.807, 2.05) is 36.0 Å². The van der Waals surface area contributed by atoms with Gasteiger partial charge in [-0.25, -0.2) is 8.42 Å². The van der Waals surface area contributed by atoms with Crippen molar-refractivity contribution >= 4 is 45.1 Å². The number of thioether (sulfide) groups is 1. The standard InChI is InChI=1S/C35H40O2S4/c1-7-34(4,5)40-31-18-16-29(17-19-31)38-27-12-14-28(15-13-27)39-30-20-24-33(25-21-30)41(36,37)32-22-10-26(11-23-32)35(6,8-2)9-3/h10-25H,7-9H2,1-6H3. The number of sulfone groups is 1. The summed E-state index contributed by atoms with van der Waals surface area (Å²) in [4.78, 5) is 6.49. The molecule has 0 N–H and O–H groups in total. The molecule has 0 radical (unpaired) electrons. The van der Waals surface area contributed by atoms with Gasteiger partial charge in [-0.3, -0.25) is 0 Å². The van der Waals surface area contributed by atoms with Gasteiger partial charge in [0.05, 0.1) is 9.79 Å². The fourth-order valence-corrected chi connectivity index (χ4v) is 8.28. The van der Waals surface area contributed by atoms with Crippen LogP contribution >= 0.6 is 35.3 Å². The van der Waals surface area contributed by atoms with E-state index in [2.05, 4.69) is 90.1 Å². The maximum absolute atomic E-state index is 13.3. The summed E-state index contributed by atoms with van der Waals surface area (Å²) >= 11 is 5.31. The molecule has 216 valence electrons. The Bertz CT molecular complexity index is 1520. The minimum Gasteiger partial charge on any atom is -0.219 e. The Morgan fingerprint density at radius 2 is 0.854 bits per heavy atom. The maximum atomic E-state index is 13.3. The molecule has 0 aliphatic heterocycles. The van der Waals surface area contributed by atoms with E-state index in [0.29, 0.717) is 9.79 Å². The summed E-state index contributed by atoms with van der Waals surface area (Å²) in [5.41, 5.74) is 1.25. The van der Waals surface area contributed by atoms with E-state index in [1.165, 1.54) is 20.2 Å². The van der Waals surface area contributed by atoms with Crippen molar-refractivity contribution in [1.29, 1.82) is 0 Å². The van der Waals surface area contributed by atoms with Crippen molar-refractivity contribution < 1.29 is 8.42 Å². The third kappa shape index (κ3) is 8.04. The molecule has 0 heterocycles. The second-order valence-electron chi connectivity index (χ2n) is 11.1. The fourth-order valence-electron chi connectivity index (χ4n) is 4.33. The van der Waals surface area contributed by atoms with Crippen molar-refractivity contribution in [1.82, 2.24) is 0 Å². The second kappa shape index (κ2) is 13.5. The molecule has 0 aromatic heterocycles. The molecular weight excluding hydrogens is 581 g/mol. The molecule has 4 aromatic carbocycles. The summed E-state index contributed by atoms with van der Waals surface area (Å²) in [6, 6.07) is 31.9. The highest BCUT2D eigenvalue weighted by Gasteiger charge is 2.24. The van der Waals surface area contributed by atoms with Crippen molar-refractivity contribution in [3.05, 3.63) is 103 Å². The van der Waals surface area contributed by atoms with Gasteiger partial charge in [-0.2, -0.15) is 0 Å². The Kier molecular flexibility index (Phi) is 10.4. The van der Waals surface area contributed by atoms with E-state index in [0.717, 1.165) is 29.1 Å². The van der Waals surface area contributed by atoms with Gasteiger partial charge >= 0.3 is 0 Å². The molecule has 0 amide bonds. The fraction of sp³-hybridized carbons (Fsp3) is 0.314. The molecule has 2 nitrogen and oxygen atoms in total. The lowest BCUT2D eigenvalue weighted by Crippen LogP contribution is -2.19. The highest BCUT2D eigenvalue weighted by Crippen LogP contribution is 2.38. The normalized spacial score (nSPS) is 12.4. The van der Waals surface area contributed by atoms with Gasteiger partial charge in [0.25, 0.3) is 0 Å². The third-order valence-electron chi connectivity index (χ3n) is 7.92. The Morgan fingerprint density at radius 3 is 1.22 bits per heavy atom. The Hall–Kier alpha value is -2.12. The van der Waals surface area contributed by atoms with E-state index in [-0.39, 0.29) is 10.2 Å². The first-order valence-electron chi connectivity index (χ1n) is 14.2. The minimum absolute atomic E-state index is 0.0639. The first-order valence-corrected chi connectivity index (χ1v) is 18.1. The Balaban J connectivity index is 1.38. The van der Waals surface area contributed by atoms with Gasteiger partial charge in [-0.1, -0.05) is 77.2 Å². The molecule has 0 unspecified atom stereocenters. The molecule has 0 saturated heterocycles. The predicted octanol–water partition coefficient (Wildman–Crippen LogP) is 11.2. The van der Waals surface area contributed by atoms with E-state index in [9.17, 15) is 8.42 Å². The lowest BCUT2D eigenvalue weighted by atomic mass is 9.78. The molecule has 0 aliphatic rings. The topological polar surface area (TPSA) is 34.1 Å². The zero-order chi connectivity index (χ0) is 29.7. The molecule has 0 saturated carbocycles. The SMILES string of the molecule is CCC(C)(C)Sc1ccc(Sc2ccc(Sc3ccc(S(=O)(=O)c4ccc(C(C)(CC)CC)cc4)cc3)cc2)cc1. The Labute approximate surface area is 260 Å². The van der Waals surface area contributed by atoms with Crippen molar-refractivity contribution in [2.45, 2.75) is 105 Å². The van der Waals surface area contributed by atoms with Crippen LogP contribution in [0.15, 0.2) is 131 Å². The molecule has 41 heavy (non-hydrogen) atoms. The molecule has 0 bridgehead atoms. The highest BCUT2D eigenvalue weighted by molar-refractivity contribution is 8.00. The largest absolute Gasteiger partial charge is 0.219 e. The van der Waals surface area contributed by atoms with E-state index in [4.69, 9.17) is 0 Å². The second-order valence-corrected chi connectivity index (χ2v) is 17.2. The molecule has 4 rings (SSSR count). The van der Waals surface area contributed by atoms with Crippen molar-refractivity contribution in [3.8, 4) is 0 Å². The number of hydrogen-bond donors (Lipinski definition) is 0. The van der Waals surface area contributed by atoms with Crippen LogP contribution in [0.25, 0.3) is 0 Å². The van der Waals surface area contributed by atoms with Crippen molar-refractivity contribution in [2.24, 2.45) is 0 Å². The van der Waals surface area contributed by atoms with Gasteiger partial charge in [0.1, 0.15) is 0 Å². The lowest BCUT2D eigenvalue weighted by Gasteiger charge is -2.27. The van der Waals surface area contributed by atoms with Crippen LogP contribution in [-0.2, 0) is 15.3 Å². The summed E-state index contributed by atoms with van der Waals surface area (Å²) in [6.45, 7) is 13.4. The van der Waals surface area contributed by atoms with Gasteiger partial charge < -0.3 is 0 Å².